The van der Waals surface area contributed by atoms with E-state index >= 15 is 0 Å². The van der Waals surface area contributed by atoms with Crippen molar-refractivity contribution in [3.8, 4) is 5.75 Å². The lowest BCUT2D eigenvalue weighted by atomic mass is 10.1. The predicted molar refractivity (Wildman–Crippen MR) is 86.1 cm³/mol. The molecule has 2 N–H and O–H groups in total. The van der Waals surface area contributed by atoms with Gasteiger partial charge >= 0.3 is 6.36 Å². The molecule has 0 aliphatic rings. The number of ether oxygens (including phenoxy) is 1. The first-order valence-corrected chi connectivity index (χ1v) is 9.07. The molecule has 0 saturated carbocycles. The molecule has 10 heteroatoms. The summed E-state index contributed by atoms with van der Waals surface area (Å²) < 4.78 is 71.9. The summed E-state index contributed by atoms with van der Waals surface area (Å²) in [4.78, 5) is -0.211. The minimum absolute atomic E-state index is 0.0615. The van der Waals surface area contributed by atoms with Crippen molar-refractivity contribution in [2.45, 2.75) is 37.6 Å². The molecule has 0 aliphatic carbocycles. The lowest BCUT2D eigenvalue weighted by Crippen LogP contribution is -2.26. The van der Waals surface area contributed by atoms with Gasteiger partial charge < -0.3 is 14.3 Å². The van der Waals surface area contributed by atoms with E-state index in [0.717, 1.165) is 24.3 Å². The molecule has 0 saturated heterocycles. The summed E-state index contributed by atoms with van der Waals surface area (Å²) in [7, 11) is -3.92. The van der Waals surface area contributed by atoms with Crippen molar-refractivity contribution in [2.24, 2.45) is 0 Å². The average Bonchev–Trinajstić information content (AvgIpc) is 2.84. The van der Waals surface area contributed by atoms with Crippen molar-refractivity contribution in [3.63, 3.8) is 0 Å². The summed E-state index contributed by atoms with van der Waals surface area (Å²) in [5.41, 5.74) is 0.579. The van der Waals surface area contributed by atoms with Crippen molar-refractivity contribution >= 4 is 10.0 Å². The fourth-order valence-corrected chi connectivity index (χ4v) is 3.42. The Bertz CT molecular complexity index is 844. The van der Waals surface area contributed by atoms with Gasteiger partial charge in [-0.3, -0.25) is 0 Å². The van der Waals surface area contributed by atoms with Gasteiger partial charge in [0.25, 0.3) is 0 Å². The molecule has 26 heavy (non-hydrogen) atoms. The molecule has 1 unspecified atom stereocenters. The maximum Gasteiger partial charge on any atom is 0.573 e. The minimum Gasteiger partial charge on any atom is -0.466 e. The molecule has 0 aliphatic heterocycles. The van der Waals surface area contributed by atoms with Crippen LogP contribution in [0.15, 0.2) is 39.6 Å². The molecule has 0 fully saturated rings. The van der Waals surface area contributed by atoms with E-state index in [1.165, 1.54) is 0 Å². The van der Waals surface area contributed by atoms with Crippen LogP contribution in [-0.2, 0) is 10.0 Å². The zero-order chi connectivity index (χ0) is 19.5. The summed E-state index contributed by atoms with van der Waals surface area (Å²) in [5.74, 6) is 0.675. The molecule has 0 radical (unpaired) electrons. The Labute approximate surface area is 148 Å². The second kappa shape index (κ2) is 7.68. The number of sulfonamides is 1. The number of hydrogen-bond acceptors (Lipinski definition) is 5. The molecular formula is C16H18F3NO5S. The van der Waals surface area contributed by atoms with Crippen LogP contribution in [0.1, 0.15) is 29.6 Å². The second-order valence-corrected chi connectivity index (χ2v) is 7.36. The van der Waals surface area contributed by atoms with E-state index in [2.05, 4.69) is 9.46 Å². The van der Waals surface area contributed by atoms with Gasteiger partial charge in [0.15, 0.2) is 0 Å². The van der Waals surface area contributed by atoms with Gasteiger partial charge in [-0.15, -0.1) is 13.2 Å². The van der Waals surface area contributed by atoms with Crippen molar-refractivity contribution in [3.05, 3.63) is 47.4 Å². The molecule has 1 atom stereocenters. The zero-order valence-electron chi connectivity index (χ0n) is 14.0. The average molecular weight is 393 g/mol. The smallest absolute Gasteiger partial charge is 0.466 e. The Morgan fingerprint density at radius 2 is 1.85 bits per heavy atom. The third-order valence-corrected chi connectivity index (χ3v) is 4.99. The summed E-state index contributed by atoms with van der Waals surface area (Å²) in [6.45, 7) is 3.37. The van der Waals surface area contributed by atoms with E-state index in [-0.39, 0.29) is 17.9 Å². The molecule has 1 aromatic heterocycles. The highest BCUT2D eigenvalue weighted by Gasteiger charge is 2.31. The van der Waals surface area contributed by atoms with Gasteiger partial charge in [-0.05, 0) is 50.6 Å². The van der Waals surface area contributed by atoms with Crippen LogP contribution in [0.2, 0.25) is 0 Å². The zero-order valence-corrected chi connectivity index (χ0v) is 14.8. The molecule has 0 spiro atoms. The molecule has 0 amide bonds. The third-order valence-electron chi connectivity index (χ3n) is 3.52. The molecular weight excluding hydrogens is 375 g/mol. The largest absolute Gasteiger partial charge is 0.573 e. The van der Waals surface area contributed by atoms with E-state index < -0.39 is 28.2 Å². The molecule has 2 aromatic rings. The van der Waals surface area contributed by atoms with Crippen LogP contribution in [0.25, 0.3) is 0 Å². The van der Waals surface area contributed by atoms with Gasteiger partial charge in [-0.2, -0.15) is 0 Å². The molecule has 0 bridgehead atoms. The first-order valence-electron chi connectivity index (χ1n) is 7.58. The van der Waals surface area contributed by atoms with Crippen LogP contribution < -0.4 is 9.46 Å². The number of aliphatic hydroxyl groups excluding tert-OH is 1. The van der Waals surface area contributed by atoms with Gasteiger partial charge in [-0.25, -0.2) is 13.1 Å². The van der Waals surface area contributed by atoms with Gasteiger partial charge in [0.05, 0.1) is 11.0 Å². The van der Waals surface area contributed by atoms with Crippen molar-refractivity contribution < 1.29 is 35.8 Å². The lowest BCUT2D eigenvalue weighted by molar-refractivity contribution is -0.274. The fraction of sp³-hybridized carbons (Fsp3) is 0.375. The number of benzene rings is 1. The molecule has 1 aromatic carbocycles. The number of nitrogens with one attached hydrogen (secondary N) is 1. The van der Waals surface area contributed by atoms with E-state index in [0.29, 0.717) is 17.1 Å². The number of alkyl halides is 3. The van der Waals surface area contributed by atoms with Crippen LogP contribution in [0, 0.1) is 13.8 Å². The van der Waals surface area contributed by atoms with E-state index in [4.69, 9.17) is 4.42 Å². The van der Waals surface area contributed by atoms with Crippen molar-refractivity contribution in [2.75, 3.05) is 6.54 Å². The standard InChI is InChI=1S/C16H18F3NO5S/c1-10-9-14(11(2)24-10)15(21)7-8-20-26(22,23)13-5-3-12(4-6-13)25-16(17,18)19/h3-6,9,15,20-21H,7-8H2,1-2H3. The minimum atomic E-state index is -4.85. The molecule has 2 rings (SSSR count). The number of aliphatic hydroxyl groups is 1. The van der Waals surface area contributed by atoms with E-state index in [9.17, 15) is 26.7 Å². The van der Waals surface area contributed by atoms with Crippen LogP contribution >= 0.6 is 0 Å². The van der Waals surface area contributed by atoms with Crippen LogP contribution in [0.5, 0.6) is 5.75 Å². The highest BCUT2D eigenvalue weighted by molar-refractivity contribution is 7.89. The number of rotatable bonds is 7. The van der Waals surface area contributed by atoms with Gasteiger partial charge in [0.2, 0.25) is 10.0 Å². The Morgan fingerprint density at radius 3 is 2.35 bits per heavy atom. The van der Waals surface area contributed by atoms with Crippen molar-refractivity contribution in [1.82, 2.24) is 4.72 Å². The molecule has 144 valence electrons. The maximum absolute atomic E-state index is 12.1. The highest BCUT2D eigenvalue weighted by atomic mass is 32.2. The Kier molecular flexibility index (Phi) is 5.99. The normalized spacial score (nSPS) is 13.6. The third kappa shape index (κ3) is 5.48. The topological polar surface area (TPSA) is 88.8 Å². The number of halogens is 3. The first kappa shape index (κ1) is 20.3. The van der Waals surface area contributed by atoms with Crippen LogP contribution in [-0.4, -0.2) is 26.4 Å². The number of hydrogen-bond donors (Lipinski definition) is 2. The fourth-order valence-electron chi connectivity index (χ4n) is 2.37. The van der Waals surface area contributed by atoms with Crippen molar-refractivity contribution in [1.29, 1.82) is 0 Å². The highest BCUT2D eigenvalue weighted by Crippen LogP contribution is 2.25. The maximum atomic E-state index is 12.1. The van der Waals surface area contributed by atoms with Gasteiger partial charge in [0, 0.05) is 12.1 Å². The van der Waals surface area contributed by atoms with E-state index in [1.54, 1.807) is 19.9 Å². The monoisotopic (exact) mass is 393 g/mol. The van der Waals surface area contributed by atoms with Crippen LogP contribution in [0.4, 0.5) is 13.2 Å². The Balaban J connectivity index is 1.95. The quantitative estimate of drug-likeness (QED) is 0.754. The number of aryl methyl sites for hydroxylation is 2. The number of furan rings is 1. The van der Waals surface area contributed by atoms with E-state index in [1.807, 2.05) is 0 Å². The summed E-state index contributed by atoms with van der Waals surface area (Å²) in [5, 5.41) is 10.1. The Hall–Kier alpha value is -2.04. The van der Waals surface area contributed by atoms with Gasteiger partial charge in [-0.1, -0.05) is 0 Å². The Morgan fingerprint density at radius 1 is 1.23 bits per heavy atom. The predicted octanol–water partition coefficient (Wildman–Crippen LogP) is 3.20. The first-order chi connectivity index (χ1) is 12.0. The molecule has 6 nitrogen and oxygen atoms in total. The summed E-state index contributed by atoms with van der Waals surface area (Å²) in [6, 6.07) is 5.50. The van der Waals surface area contributed by atoms with Gasteiger partial charge in [0.1, 0.15) is 17.3 Å². The lowest BCUT2D eigenvalue weighted by Gasteiger charge is -2.12. The van der Waals surface area contributed by atoms with Crippen LogP contribution in [0.3, 0.4) is 0 Å². The SMILES string of the molecule is Cc1cc(C(O)CCNS(=O)(=O)c2ccc(OC(F)(F)F)cc2)c(C)o1. The molecule has 1 heterocycles. The summed E-state index contributed by atoms with van der Waals surface area (Å²) >= 11 is 0. The summed E-state index contributed by atoms with van der Waals surface area (Å²) in [6.07, 6.45) is -5.65. The second-order valence-electron chi connectivity index (χ2n) is 5.59.